The molecule has 1 fully saturated rings. The maximum absolute atomic E-state index is 6.33. The number of aromatic nitrogens is 1. The first-order chi connectivity index (χ1) is 14.1. The van der Waals surface area contributed by atoms with Gasteiger partial charge in [-0.1, -0.05) is 43.1 Å². The van der Waals surface area contributed by atoms with Crippen LogP contribution < -0.4 is 5.32 Å². The molecule has 3 aromatic rings. The number of nitrogens with zero attached hydrogens (tertiary/aromatic N) is 2. The summed E-state index contributed by atoms with van der Waals surface area (Å²) in [5.74, 6) is 1.67. The van der Waals surface area contributed by atoms with Gasteiger partial charge in [0.1, 0.15) is 17.6 Å². The summed E-state index contributed by atoms with van der Waals surface area (Å²) in [6.07, 6.45) is 3.98. The number of benzene rings is 1. The summed E-state index contributed by atoms with van der Waals surface area (Å²) in [5.41, 5.74) is 2.97. The van der Waals surface area contributed by atoms with Crippen molar-refractivity contribution in [1.29, 1.82) is 0 Å². The van der Waals surface area contributed by atoms with Crippen LogP contribution in [0.4, 0.5) is 0 Å². The molecule has 0 aliphatic carbocycles. The van der Waals surface area contributed by atoms with E-state index in [9.17, 15) is 0 Å². The summed E-state index contributed by atoms with van der Waals surface area (Å²) in [7, 11) is 0. The number of nitrogens with one attached hydrogen (secondary N) is 1. The lowest BCUT2D eigenvalue weighted by Gasteiger charge is -2.25. The van der Waals surface area contributed by atoms with Crippen molar-refractivity contribution < 1.29 is 4.42 Å². The fourth-order valence-corrected chi connectivity index (χ4v) is 4.21. The Kier molecular flexibility index (Phi) is 5.88. The zero-order valence-electron chi connectivity index (χ0n) is 16.6. The lowest BCUT2D eigenvalue weighted by Crippen LogP contribution is -2.30. The average molecular weight is 426 g/mol. The van der Waals surface area contributed by atoms with Gasteiger partial charge in [0.25, 0.3) is 0 Å². The van der Waals surface area contributed by atoms with Crippen LogP contribution in [0.5, 0.6) is 0 Å². The molecule has 0 bridgehead atoms. The average Bonchev–Trinajstić information content (AvgIpc) is 3.34. The second-order valence-corrected chi connectivity index (χ2v) is 8.13. The summed E-state index contributed by atoms with van der Waals surface area (Å²) in [5, 5.41) is 4.94. The van der Waals surface area contributed by atoms with Crippen LogP contribution in [0.3, 0.4) is 0 Å². The minimum atomic E-state index is -0.0545. The number of unbranched alkanes of at least 4 members (excludes halogenated alkanes) is 1. The van der Waals surface area contributed by atoms with Crippen LogP contribution >= 0.6 is 23.8 Å². The second kappa shape index (κ2) is 8.56. The number of furan rings is 1. The molecule has 0 radical (unpaired) electrons. The molecule has 29 heavy (non-hydrogen) atoms. The van der Waals surface area contributed by atoms with Crippen LogP contribution in [-0.4, -0.2) is 21.5 Å². The molecule has 3 heterocycles. The van der Waals surface area contributed by atoms with E-state index in [2.05, 4.69) is 22.1 Å². The molecule has 6 heteroatoms. The molecule has 0 unspecified atom stereocenters. The monoisotopic (exact) mass is 425 g/mol. The summed E-state index contributed by atoms with van der Waals surface area (Å²) in [6.45, 7) is 5.06. The van der Waals surface area contributed by atoms with Gasteiger partial charge in [0.15, 0.2) is 5.11 Å². The zero-order valence-corrected chi connectivity index (χ0v) is 18.1. The predicted molar refractivity (Wildman–Crippen MR) is 121 cm³/mol. The first kappa shape index (κ1) is 19.9. The molecule has 0 saturated carbocycles. The zero-order chi connectivity index (χ0) is 20.4. The molecule has 0 spiro atoms. The van der Waals surface area contributed by atoms with Crippen molar-refractivity contribution in [2.24, 2.45) is 0 Å². The SMILES string of the molecule is CCCCN1C(=S)N[C@H](c2ccccn2)[C@H]1c1ccc(-c2ccc(C)c(Cl)c2)o1. The Hall–Kier alpha value is -2.37. The standard InChI is InChI=1S/C23H24ClN3OS/c1-3-4-13-27-22(21(26-23(27)29)18-7-5-6-12-25-18)20-11-10-19(28-20)16-9-8-15(2)17(24)14-16/h5-12,14,21-22H,3-4,13H2,1-2H3,(H,26,29)/t21-,22-/m1/s1. The van der Waals surface area contributed by atoms with E-state index in [0.717, 1.165) is 57.9 Å². The van der Waals surface area contributed by atoms with E-state index in [1.165, 1.54) is 0 Å². The number of thiocarbonyl (C=S) groups is 1. The molecule has 2 atom stereocenters. The minimum absolute atomic E-state index is 0.0429. The van der Waals surface area contributed by atoms with Gasteiger partial charge in [0.05, 0.1) is 11.7 Å². The van der Waals surface area contributed by atoms with Gasteiger partial charge >= 0.3 is 0 Å². The molecular formula is C23H24ClN3OS. The summed E-state index contributed by atoms with van der Waals surface area (Å²) in [6, 6.07) is 15.9. The van der Waals surface area contributed by atoms with Gasteiger partial charge in [-0.2, -0.15) is 0 Å². The number of hydrogen-bond acceptors (Lipinski definition) is 3. The largest absolute Gasteiger partial charge is 0.459 e. The second-order valence-electron chi connectivity index (χ2n) is 7.34. The van der Waals surface area contributed by atoms with E-state index in [0.29, 0.717) is 0 Å². The number of rotatable bonds is 6. The summed E-state index contributed by atoms with van der Waals surface area (Å²) < 4.78 is 6.33. The van der Waals surface area contributed by atoms with E-state index in [-0.39, 0.29) is 12.1 Å². The molecular weight excluding hydrogens is 402 g/mol. The van der Waals surface area contributed by atoms with Crippen molar-refractivity contribution in [2.45, 2.75) is 38.8 Å². The Morgan fingerprint density at radius 2 is 2.07 bits per heavy atom. The van der Waals surface area contributed by atoms with Crippen molar-refractivity contribution in [3.8, 4) is 11.3 Å². The number of aryl methyl sites for hydroxylation is 1. The topological polar surface area (TPSA) is 41.3 Å². The van der Waals surface area contributed by atoms with E-state index in [4.69, 9.17) is 28.2 Å². The molecule has 4 rings (SSSR count). The lowest BCUT2D eigenvalue weighted by atomic mass is 10.0. The third kappa shape index (κ3) is 4.02. The lowest BCUT2D eigenvalue weighted by molar-refractivity contribution is 0.271. The molecule has 150 valence electrons. The van der Waals surface area contributed by atoms with E-state index in [1.54, 1.807) is 0 Å². The Labute approximate surface area is 181 Å². The third-order valence-corrected chi connectivity index (χ3v) is 6.08. The van der Waals surface area contributed by atoms with Gasteiger partial charge < -0.3 is 14.6 Å². The summed E-state index contributed by atoms with van der Waals surface area (Å²) >= 11 is 12.0. The van der Waals surface area contributed by atoms with Gasteiger partial charge in [-0.25, -0.2) is 0 Å². The molecule has 1 N–H and O–H groups in total. The highest BCUT2D eigenvalue weighted by molar-refractivity contribution is 7.80. The van der Waals surface area contributed by atoms with E-state index < -0.39 is 0 Å². The van der Waals surface area contributed by atoms with Gasteiger partial charge in [0.2, 0.25) is 0 Å². The Morgan fingerprint density at radius 1 is 1.21 bits per heavy atom. The number of hydrogen-bond donors (Lipinski definition) is 1. The van der Waals surface area contributed by atoms with Crippen molar-refractivity contribution in [3.63, 3.8) is 0 Å². The van der Waals surface area contributed by atoms with Crippen molar-refractivity contribution >= 4 is 28.9 Å². The number of pyridine rings is 1. The van der Waals surface area contributed by atoms with E-state index >= 15 is 0 Å². The van der Waals surface area contributed by atoms with Crippen molar-refractivity contribution in [3.05, 3.63) is 76.8 Å². The van der Waals surface area contributed by atoms with Gasteiger partial charge in [0, 0.05) is 23.3 Å². The molecule has 2 aromatic heterocycles. The van der Waals surface area contributed by atoms with E-state index in [1.807, 2.05) is 61.7 Å². The van der Waals surface area contributed by atoms with Crippen LogP contribution in [0, 0.1) is 6.92 Å². The minimum Gasteiger partial charge on any atom is -0.459 e. The predicted octanol–water partition coefficient (Wildman–Crippen LogP) is 6.08. The molecule has 1 aromatic carbocycles. The highest BCUT2D eigenvalue weighted by Gasteiger charge is 2.41. The van der Waals surface area contributed by atoms with Gasteiger partial charge in [-0.3, -0.25) is 4.98 Å². The fraction of sp³-hybridized carbons (Fsp3) is 0.304. The quantitative estimate of drug-likeness (QED) is 0.485. The normalized spacial score (nSPS) is 18.9. The Morgan fingerprint density at radius 3 is 2.79 bits per heavy atom. The van der Waals surface area contributed by atoms with Gasteiger partial charge in [-0.05, 0) is 61.5 Å². The highest BCUT2D eigenvalue weighted by Crippen LogP contribution is 2.40. The van der Waals surface area contributed by atoms with Crippen molar-refractivity contribution in [1.82, 2.24) is 15.2 Å². The molecule has 4 nitrogen and oxygen atoms in total. The van der Waals surface area contributed by atoms with Crippen LogP contribution in [0.25, 0.3) is 11.3 Å². The number of halogens is 1. The molecule has 1 aliphatic heterocycles. The maximum atomic E-state index is 6.33. The van der Waals surface area contributed by atoms with Crippen LogP contribution in [0.15, 0.2) is 59.1 Å². The molecule has 0 amide bonds. The Bertz CT molecular complexity index is 1000. The van der Waals surface area contributed by atoms with Crippen LogP contribution in [0.2, 0.25) is 5.02 Å². The Balaban J connectivity index is 1.71. The molecule has 1 aliphatic rings. The molecule has 1 saturated heterocycles. The fourth-order valence-electron chi connectivity index (χ4n) is 3.70. The first-order valence-corrected chi connectivity index (χ1v) is 10.7. The van der Waals surface area contributed by atoms with Gasteiger partial charge in [-0.15, -0.1) is 0 Å². The smallest absolute Gasteiger partial charge is 0.170 e. The summed E-state index contributed by atoms with van der Waals surface area (Å²) in [4.78, 5) is 6.79. The first-order valence-electron chi connectivity index (χ1n) is 9.93. The maximum Gasteiger partial charge on any atom is 0.170 e. The van der Waals surface area contributed by atoms with Crippen LogP contribution in [-0.2, 0) is 0 Å². The third-order valence-electron chi connectivity index (χ3n) is 5.32. The van der Waals surface area contributed by atoms with Crippen LogP contribution in [0.1, 0.15) is 48.9 Å². The van der Waals surface area contributed by atoms with Crippen molar-refractivity contribution in [2.75, 3.05) is 6.54 Å². The highest BCUT2D eigenvalue weighted by atomic mass is 35.5.